The zero-order chi connectivity index (χ0) is 19.6. The molecular formula is C18H23NO6S. The minimum atomic E-state index is -4.02. The second kappa shape index (κ2) is 10.5. The third-order valence-electron chi connectivity index (χ3n) is 3.07. The van der Waals surface area contributed by atoms with Gasteiger partial charge in [0.1, 0.15) is 6.61 Å². The quantitative estimate of drug-likeness (QED) is 0.686. The van der Waals surface area contributed by atoms with Crippen LogP contribution in [0.15, 0.2) is 59.5 Å². The maximum Gasteiger partial charge on any atom is 0.407 e. The number of amides is 1. The summed E-state index contributed by atoms with van der Waals surface area (Å²) in [6, 6.07) is 15.4. The van der Waals surface area contributed by atoms with Crippen LogP contribution in [0, 0.1) is 6.92 Å². The number of aliphatic hydroxyl groups excluding tert-OH is 1. The van der Waals surface area contributed by atoms with Crippen molar-refractivity contribution in [2.45, 2.75) is 31.5 Å². The molecule has 0 radical (unpaired) electrons. The first-order valence-electron chi connectivity index (χ1n) is 7.85. The SMILES string of the molecule is CC(O)CNC(=O)OCc1ccccc1.Cc1ccc(S(=O)(=O)O)cc1. The van der Waals surface area contributed by atoms with Gasteiger partial charge in [-0.25, -0.2) is 4.79 Å². The van der Waals surface area contributed by atoms with Crippen LogP contribution in [0.5, 0.6) is 0 Å². The molecule has 0 aliphatic rings. The molecule has 1 atom stereocenters. The molecule has 0 spiro atoms. The van der Waals surface area contributed by atoms with E-state index >= 15 is 0 Å². The van der Waals surface area contributed by atoms with E-state index < -0.39 is 22.3 Å². The molecule has 0 bridgehead atoms. The summed E-state index contributed by atoms with van der Waals surface area (Å²) in [6.45, 7) is 3.88. The van der Waals surface area contributed by atoms with Gasteiger partial charge < -0.3 is 15.2 Å². The fraction of sp³-hybridized carbons (Fsp3) is 0.278. The highest BCUT2D eigenvalue weighted by Crippen LogP contribution is 2.08. The Morgan fingerprint density at radius 2 is 1.69 bits per heavy atom. The number of aryl methyl sites for hydroxylation is 1. The molecule has 7 nitrogen and oxygen atoms in total. The fourth-order valence-electron chi connectivity index (χ4n) is 1.72. The molecule has 2 rings (SSSR count). The number of rotatable bonds is 5. The molecule has 142 valence electrons. The molecule has 3 N–H and O–H groups in total. The Labute approximate surface area is 153 Å². The van der Waals surface area contributed by atoms with Gasteiger partial charge in [-0.3, -0.25) is 4.55 Å². The van der Waals surface area contributed by atoms with Gasteiger partial charge in [0, 0.05) is 6.54 Å². The normalized spacial score (nSPS) is 11.7. The zero-order valence-corrected chi connectivity index (χ0v) is 15.4. The number of carbonyl (C=O) groups is 1. The van der Waals surface area contributed by atoms with Crippen molar-refractivity contribution >= 4 is 16.2 Å². The highest BCUT2D eigenvalue weighted by Gasteiger charge is 2.06. The number of hydrogen-bond acceptors (Lipinski definition) is 5. The summed E-state index contributed by atoms with van der Waals surface area (Å²) >= 11 is 0. The van der Waals surface area contributed by atoms with Gasteiger partial charge in [-0.2, -0.15) is 8.42 Å². The molecule has 0 fully saturated rings. The third kappa shape index (κ3) is 9.16. The van der Waals surface area contributed by atoms with Gasteiger partial charge in [-0.15, -0.1) is 0 Å². The van der Waals surface area contributed by atoms with Crippen molar-refractivity contribution < 1.29 is 27.6 Å². The lowest BCUT2D eigenvalue weighted by Gasteiger charge is -2.08. The molecule has 2 aromatic rings. The van der Waals surface area contributed by atoms with Gasteiger partial charge in [0.2, 0.25) is 0 Å². The lowest BCUT2D eigenvalue weighted by Crippen LogP contribution is -2.30. The van der Waals surface area contributed by atoms with E-state index in [1.165, 1.54) is 12.1 Å². The van der Waals surface area contributed by atoms with Gasteiger partial charge in [-0.1, -0.05) is 48.0 Å². The standard InChI is InChI=1S/C11H15NO3.C7H8O3S/c1-9(13)7-12-11(14)15-8-10-5-3-2-4-6-10;1-6-2-4-7(5-3-6)11(8,9)10/h2-6,9,13H,7-8H2,1H3,(H,12,14);2-5H,1H3,(H,8,9,10). The summed E-state index contributed by atoms with van der Waals surface area (Å²) in [5.41, 5.74) is 1.89. The molecular weight excluding hydrogens is 358 g/mol. The highest BCUT2D eigenvalue weighted by molar-refractivity contribution is 7.85. The predicted octanol–water partition coefficient (Wildman–Crippen LogP) is 2.54. The van der Waals surface area contributed by atoms with Crippen molar-refractivity contribution in [1.82, 2.24) is 5.32 Å². The van der Waals surface area contributed by atoms with Crippen molar-refractivity contribution in [3.8, 4) is 0 Å². The van der Waals surface area contributed by atoms with Gasteiger partial charge >= 0.3 is 6.09 Å². The van der Waals surface area contributed by atoms with Crippen LogP contribution in [0.2, 0.25) is 0 Å². The second-order valence-electron chi connectivity index (χ2n) is 5.58. The molecule has 1 amide bonds. The highest BCUT2D eigenvalue weighted by atomic mass is 32.2. The molecule has 8 heteroatoms. The summed E-state index contributed by atoms with van der Waals surface area (Å²) in [5.74, 6) is 0. The van der Waals surface area contributed by atoms with Crippen molar-refractivity contribution in [1.29, 1.82) is 0 Å². The van der Waals surface area contributed by atoms with Crippen molar-refractivity contribution in [3.63, 3.8) is 0 Å². The molecule has 0 aliphatic carbocycles. The van der Waals surface area contributed by atoms with E-state index in [9.17, 15) is 13.2 Å². The van der Waals surface area contributed by atoms with Gasteiger partial charge in [0.05, 0.1) is 11.0 Å². The Balaban J connectivity index is 0.000000273. The van der Waals surface area contributed by atoms with Gasteiger partial charge in [-0.05, 0) is 31.5 Å². The topological polar surface area (TPSA) is 113 Å². The van der Waals surface area contributed by atoms with Crippen LogP contribution >= 0.6 is 0 Å². The van der Waals surface area contributed by atoms with E-state index in [1.54, 1.807) is 19.1 Å². The average Bonchev–Trinajstić information content (AvgIpc) is 2.59. The van der Waals surface area contributed by atoms with Crippen LogP contribution < -0.4 is 5.32 Å². The van der Waals surface area contributed by atoms with E-state index in [1.807, 2.05) is 37.3 Å². The lowest BCUT2D eigenvalue weighted by molar-refractivity contribution is 0.129. The Hall–Kier alpha value is -2.42. The largest absolute Gasteiger partial charge is 0.445 e. The number of hydrogen-bond donors (Lipinski definition) is 3. The van der Waals surface area contributed by atoms with Crippen LogP contribution in [0.25, 0.3) is 0 Å². The summed E-state index contributed by atoms with van der Waals surface area (Å²) in [7, 11) is -4.02. The molecule has 1 unspecified atom stereocenters. The number of alkyl carbamates (subject to hydrolysis) is 1. The number of aliphatic hydroxyl groups is 1. The minimum Gasteiger partial charge on any atom is -0.445 e. The summed E-state index contributed by atoms with van der Waals surface area (Å²) in [5, 5.41) is 11.4. The van der Waals surface area contributed by atoms with E-state index in [-0.39, 0.29) is 18.0 Å². The monoisotopic (exact) mass is 381 g/mol. The lowest BCUT2D eigenvalue weighted by atomic mass is 10.2. The van der Waals surface area contributed by atoms with Gasteiger partial charge in [0.25, 0.3) is 10.1 Å². The van der Waals surface area contributed by atoms with Crippen molar-refractivity contribution in [2.75, 3.05) is 6.54 Å². The van der Waals surface area contributed by atoms with Gasteiger partial charge in [0.15, 0.2) is 0 Å². The average molecular weight is 381 g/mol. The minimum absolute atomic E-state index is 0.0666. The van der Waals surface area contributed by atoms with E-state index in [2.05, 4.69) is 5.32 Å². The van der Waals surface area contributed by atoms with Crippen LogP contribution in [-0.2, 0) is 21.5 Å². The second-order valence-corrected chi connectivity index (χ2v) is 7.00. The Morgan fingerprint density at radius 3 is 2.19 bits per heavy atom. The first-order chi connectivity index (χ1) is 12.2. The molecule has 0 aliphatic heterocycles. The van der Waals surface area contributed by atoms with E-state index in [0.717, 1.165) is 11.1 Å². The molecule has 0 saturated heterocycles. The fourth-order valence-corrected chi connectivity index (χ4v) is 2.20. The number of benzene rings is 2. The smallest absolute Gasteiger partial charge is 0.407 e. The van der Waals surface area contributed by atoms with Crippen molar-refractivity contribution in [3.05, 3.63) is 65.7 Å². The maximum atomic E-state index is 11.1. The molecule has 26 heavy (non-hydrogen) atoms. The zero-order valence-electron chi connectivity index (χ0n) is 14.6. The summed E-state index contributed by atoms with van der Waals surface area (Å²) in [4.78, 5) is 11.0. The number of ether oxygens (including phenoxy) is 1. The third-order valence-corrected chi connectivity index (χ3v) is 3.94. The molecule has 0 heterocycles. The Bertz CT molecular complexity index is 773. The van der Waals surface area contributed by atoms with Crippen LogP contribution in [0.1, 0.15) is 18.1 Å². The molecule has 0 aromatic heterocycles. The van der Waals surface area contributed by atoms with E-state index in [4.69, 9.17) is 14.4 Å². The van der Waals surface area contributed by atoms with Crippen molar-refractivity contribution in [2.24, 2.45) is 0 Å². The Morgan fingerprint density at radius 1 is 1.12 bits per heavy atom. The summed E-state index contributed by atoms with van der Waals surface area (Å²) < 4.78 is 34.5. The Kier molecular flexibility index (Phi) is 8.77. The number of carbonyl (C=O) groups excluding carboxylic acids is 1. The molecule has 0 saturated carbocycles. The van der Waals surface area contributed by atoms with Crippen LogP contribution in [0.3, 0.4) is 0 Å². The molecule has 2 aromatic carbocycles. The predicted molar refractivity (Wildman–Crippen MR) is 97.3 cm³/mol. The first-order valence-corrected chi connectivity index (χ1v) is 9.29. The first kappa shape index (κ1) is 21.6. The van der Waals surface area contributed by atoms with E-state index in [0.29, 0.717) is 0 Å². The summed E-state index contributed by atoms with van der Waals surface area (Å²) in [6.07, 6.45) is -1.07. The van der Waals surface area contributed by atoms with Crippen LogP contribution in [-0.4, -0.2) is 36.8 Å². The maximum absolute atomic E-state index is 11.1. The number of nitrogens with one attached hydrogen (secondary N) is 1. The van der Waals surface area contributed by atoms with Crippen LogP contribution in [0.4, 0.5) is 4.79 Å².